The van der Waals surface area contributed by atoms with E-state index in [2.05, 4.69) is 20.8 Å². The molecule has 1 amide bonds. The number of benzene rings is 2. The molecule has 4 aromatic rings. The number of hydrogen-bond acceptors (Lipinski definition) is 7. The summed E-state index contributed by atoms with van der Waals surface area (Å²) in [4.78, 5) is 13.2. The highest BCUT2D eigenvalue weighted by Crippen LogP contribution is 2.27. The van der Waals surface area contributed by atoms with Crippen LogP contribution in [0.4, 0.5) is 0 Å². The minimum Gasteiger partial charge on any atom is -0.493 e. The minimum atomic E-state index is -0.374. The highest BCUT2D eigenvalue weighted by molar-refractivity contribution is 6.18. The summed E-state index contributed by atoms with van der Waals surface area (Å²) in [6.07, 6.45) is 3.12. The van der Waals surface area contributed by atoms with Crippen LogP contribution in [-0.2, 0) is 11.3 Å². The summed E-state index contributed by atoms with van der Waals surface area (Å²) in [5.41, 5.74) is 1.83. The van der Waals surface area contributed by atoms with Crippen LogP contribution in [-0.4, -0.2) is 40.3 Å². The van der Waals surface area contributed by atoms with E-state index in [1.54, 1.807) is 44.6 Å². The van der Waals surface area contributed by atoms with Crippen molar-refractivity contribution in [2.24, 2.45) is 0 Å². The molecular weight excluding hydrogens is 410 g/mol. The number of carbonyl (C=O) groups is 1. The number of rotatable bonds is 8. The van der Waals surface area contributed by atoms with E-state index in [0.29, 0.717) is 23.1 Å². The van der Waals surface area contributed by atoms with E-state index in [-0.39, 0.29) is 18.1 Å². The second-order valence-electron chi connectivity index (χ2n) is 6.70. The molecule has 2 aromatic heterocycles. The average molecular weight is 431 g/mol. The fourth-order valence-electron chi connectivity index (χ4n) is 3.11. The fraction of sp³-hybridized carbons (Fsp3) is 0.130. The molecule has 0 saturated heterocycles. The second-order valence-corrected chi connectivity index (χ2v) is 6.70. The van der Waals surface area contributed by atoms with Gasteiger partial charge in [0.05, 0.1) is 20.5 Å². The van der Waals surface area contributed by atoms with Gasteiger partial charge in [-0.25, -0.2) is 0 Å². The van der Waals surface area contributed by atoms with Gasteiger partial charge in [-0.1, -0.05) is 36.4 Å². The summed E-state index contributed by atoms with van der Waals surface area (Å²) in [5.74, 6) is 1.75. The standard InChI is InChI=1S/C23H21N5O4/c1-30-20-11-10-16(13-21(20)31-2)15-24-23(29)19(14-18-9-6-12-32-18)28-22(25-26-27-28)17-7-4-3-5-8-17/h3-14H,15H2,1-2H3,(H,24,29)/b19-14+. The van der Waals surface area contributed by atoms with Crippen LogP contribution < -0.4 is 14.8 Å². The largest absolute Gasteiger partial charge is 0.493 e. The van der Waals surface area contributed by atoms with E-state index in [0.717, 1.165) is 11.1 Å². The van der Waals surface area contributed by atoms with Crippen molar-refractivity contribution in [1.29, 1.82) is 0 Å². The van der Waals surface area contributed by atoms with E-state index in [1.165, 1.54) is 10.9 Å². The van der Waals surface area contributed by atoms with Gasteiger partial charge in [0.1, 0.15) is 11.5 Å². The Bertz CT molecular complexity index is 1220. The molecule has 0 bridgehead atoms. The molecule has 0 saturated carbocycles. The molecule has 9 nitrogen and oxygen atoms in total. The summed E-state index contributed by atoms with van der Waals surface area (Å²) in [6, 6.07) is 18.3. The van der Waals surface area contributed by atoms with E-state index >= 15 is 0 Å². The first-order valence-electron chi connectivity index (χ1n) is 9.78. The van der Waals surface area contributed by atoms with Gasteiger partial charge >= 0.3 is 0 Å². The van der Waals surface area contributed by atoms with Gasteiger partial charge in [-0.15, -0.1) is 5.10 Å². The minimum absolute atomic E-state index is 0.212. The van der Waals surface area contributed by atoms with Crippen LogP contribution in [0.1, 0.15) is 11.3 Å². The van der Waals surface area contributed by atoms with Crippen molar-refractivity contribution < 1.29 is 18.7 Å². The molecule has 4 rings (SSSR count). The third kappa shape index (κ3) is 4.51. The Morgan fingerprint density at radius 1 is 1.06 bits per heavy atom. The molecule has 162 valence electrons. The first kappa shape index (κ1) is 20.9. The number of furan rings is 1. The number of nitrogens with zero attached hydrogens (tertiary/aromatic N) is 4. The van der Waals surface area contributed by atoms with Crippen molar-refractivity contribution in [2.45, 2.75) is 6.54 Å². The Balaban J connectivity index is 1.63. The van der Waals surface area contributed by atoms with Crippen molar-refractivity contribution in [3.8, 4) is 22.9 Å². The van der Waals surface area contributed by atoms with E-state index in [1.807, 2.05) is 36.4 Å². The molecule has 0 spiro atoms. The first-order chi connectivity index (χ1) is 15.7. The van der Waals surface area contributed by atoms with Crippen molar-refractivity contribution in [3.05, 3.63) is 78.3 Å². The molecule has 0 aliphatic carbocycles. The predicted octanol–water partition coefficient (Wildman–Crippen LogP) is 3.26. The Kier molecular flexibility index (Phi) is 6.26. The summed E-state index contributed by atoms with van der Waals surface area (Å²) in [5, 5.41) is 14.8. The van der Waals surface area contributed by atoms with Gasteiger partial charge in [-0.05, 0) is 40.3 Å². The van der Waals surface area contributed by atoms with Crippen LogP contribution in [0, 0.1) is 0 Å². The molecule has 9 heteroatoms. The second kappa shape index (κ2) is 9.61. The molecule has 2 aromatic carbocycles. The van der Waals surface area contributed by atoms with Crippen molar-refractivity contribution >= 4 is 17.7 Å². The molecule has 1 N–H and O–H groups in total. The molecule has 0 aliphatic rings. The summed E-state index contributed by atoms with van der Waals surface area (Å²) < 4.78 is 17.4. The maximum absolute atomic E-state index is 13.2. The Hall–Kier alpha value is -4.40. The van der Waals surface area contributed by atoms with Gasteiger partial charge < -0.3 is 19.2 Å². The fourth-order valence-corrected chi connectivity index (χ4v) is 3.11. The Morgan fingerprint density at radius 3 is 2.59 bits per heavy atom. The lowest BCUT2D eigenvalue weighted by Crippen LogP contribution is -2.27. The summed E-state index contributed by atoms with van der Waals surface area (Å²) >= 11 is 0. The topological polar surface area (TPSA) is 104 Å². The monoisotopic (exact) mass is 431 g/mol. The Morgan fingerprint density at radius 2 is 1.88 bits per heavy atom. The van der Waals surface area contributed by atoms with E-state index < -0.39 is 0 Å². The predicted molar refractivity (Wildman–Crippen MR) is 118 cm³/mol. The molecule has 0 aliphatic heterocycles. The third-order valence-electron chi connectivity index (χ3n) is 4.69. The highest BCUT2D eigenvalue weighted by atomic mass is 16.5. The number of ether oxygens (including phenoxy) is 2. The summed E-state index contributed by atoms with van der Waals surface area (Å²) in [7, 11) is 3.13. The Labute approximate surface area is 184 Å². The number of carbonyl (C=O) groups excluding carboxylic acids is 1. The molecule has 0 atom stereocenters. The van der Waals surface area contributed by atoms with Gasteiger partial charge in [0, 0.05) is 18.2 Å². The van der Waals surface area contributed by atoms with Crippen LogP contribution in [0.5, 0.6) is 11.5 Å². The van der Waals surface area contributed by atoms with Crippen LogP contribution in [0.25, 0.3) is 23.2 Å². The zero-order valence-corrected chi connectivity index (χ0v) is 17.6. The van der Waals surface area contributed by atoms with Crippen LogP contribution in [0.2, 0.25) is 0 Å². The molecule has 0 fully saturated rings. The lowest BCUT2D eigenvalue weighted by molar-refractivity contribution is -0.116. The van der Waals surface area contributed by atoms with E-state index in [4.69, 9.17) is 13.9 Å². The zero-order chi connectivity index (χ0) is 22.3. The van der Waals surface area contributed by atoms with Gasteiger partial charge in [0.2, 0.25) is 0 Å². The van der Waals surface area contributed by atoms with Crippen molar-refractivity contribution in [1.82, 2.24) is 25.5 Å². The van der Waals surface area contributed by atoms with Crippen LogP contribution in [0.3, 0.4) is 0 Å². The molecule has 0 unspecified atom stereocenters. The number of aromatic nitrogens is 4. The SMILES string of the molecule is COc1ccc(CNC(=O)/C(=C\c2ccco2)n2nnnc2-c2ccccc2)cc1OC. The summed E-state index contributed by atoms with van der Waals surface area (Å²) in [6.45, 7) is 0.261. The number of nitrogens with one attached hydrogen (secondary N) is 1. The van der Waals surface area contributed by atoms with Gasteiger partial charge in [0.25, 0.3) is 5.91 Å². The number of hydrogen-bond donors (Lipinski definition) is 1. The smallest absolute Gasteiger partial charge is 0.270 e. The highest BCUT2D eigenvalue weighted by Gasteiger charge is 2.20. The van der Waals surface area contributed by atoms with Gasteiger partial charge in [-0.3, -0.25) is 4.79 Å². The lowest BCUT2D eigenvalue weighted by Gasteiger charge is -2.12. The van der Waals surface area contributed by atoms with Crippen molar-refractivity contribution in [3.63, 3.8) is 0 Å². The zero-order valence-electron chi connectivity index (χ0n) is 17.6. The molecule has 2 heterocycles. The first-order valence-corrected chi connectivity index (χ1v) is 9.78. The number of amides is 1. The lowest BCUT2D eigenvalue weighted by atomic mass is 10.2. The maximum Gasteiger partial charge on any atom is 0.270 e. The quantitative estimate of drug-likeness (QED) is 0.427. The maximum atomic E-state index is 13.2. The van der Waals surface area contributed by atoms with Crippen LogP contribution in [0.15, 0.2) is 71.3 Å². The molecular formula is C23H21N5O4. The number of tetrazole rings is 1. The normalized spacial score (nSPS) is 11.2. The van der Waals surface area contributed by atoms with Gasteiger partial charge in [0.15, 0.2) is 17.3 Å². The van der Waals surface area contributed by atoms with Gasteiger partial charge in [-0.2, -0.15) is 4.68 Å². The third-order valence-corrected chi connectivity index (χ3v) is 4.69. The van der Waals surface area contributed by atoms with E-state index in [9.17, 15) is 4.79 Å². The number of methoxy groups -OCH3 is 2. The van der Waals surface area contributed by atoms with Crippen LogP contribution >= 0.6 is 0 Å². The molecule has 32 heavy (non-hydrogen) atoms. The average Bonchev–Trinajstić information content (AvgIpc) is 3.53. The molecule has 0 radical (unpaired) electrons. The van der Waals surface area contributed by atoms with Crippen molar-refractivity contribution in [2.75, 3.05) is 14.2 Å².